The van der Waals surface area contributed by atoms with Gasteiger partial charge in [0.05, 0.1) is 0 Å². The summed E-state index contributed by atoms with van der Waals surface area (Å²) in [5, 5.41) is 0. The predicted octanol–water partition coefficient (Wildman–Crippen LogP) is 2.27. The summed E-state index contributed by atoms with van der Waals surface area (Å²) >= 11 is 0. The summed E-state index contributed by atoms with van der Waals surface area (Å²) in [5.41, 5.74) is 3.28. The third-order valence-electron chi connectivity index (χ3n) is 2.86. The Morgan fingerprint density at radius 3 is 2.93 bits per heavy atom. The minimum atomic E-state index is 0.278. The molecular weight excluding hydrogens is 174 g/mol. The van der Waals surface area contributed by atoms with Crippen LogP contribution >= 0.6 is 0 Å². The van der Waals surface area contributed by atoms with E-state index in [-0.39, 0.29) is 5.78 Å². The van der Waals surface area contributed by atoms with E-state index in [4.69, 9.17) is 0 Å². The summed E-state index contributed by atoms with van der Waals surface area (Å²) in [5.74, 6) is 0.278. The highest BCUT2D eigenvalue weighted by atomic mass is 16.1. The molecule has 14 heavy (non-hydrogen) atoms. The fourth-order valence-corrected chi connectivity index (χ4v) is 1.87. The molecule has 0 aliphatic carbocycles. The summed E-state index contributed by atoms with van der Waals surface area (Å²) < 4.78 is 0. The first-order valence-electron chi connectivity index (χ1n) is 5.09. The molecule has 0 N–H and O–H groups in total. The van der Waals surface area contributed by atoms with Gasteiger partial charge in [-0.2, -0.15) is 0 Å². The van der Waals surface area contributed by atoms with E-state index in [0.29, 0.717) is 6.42 Å². The third-order valence-corrected chi connectivity index (χ3v) is 2.86. The monoisotopic (exact) mass is 189 g/mol. The molecule has 2 nitrogen and oxygen atoms in total. The van der Waals surface area contributed by atoms with Gasteiger partial charge in [-0.3, -0.25) is 4.79 Å². The fourth-order valence-electron chi connectivity index (χ4n) is 1.87. The van der Waals surface area contributed by atoms with Crippen molar-refractivity contribution in [3.05, 3.63) is 29.3 Å². The van der Waals surface area contributed by atoms with Crippen molar-refractivity contribution in [1.82, 2.24) is 0 Å². The SMILES string of the molecule is CCc1ccc2c(c1)N(C)CCC2=O. The Labute approximate surface area is 84.5 Å². The van der Waals surface area contributed by atoms with Gasteiger partial charge in [0.15, 0.2) is 5.78 Å². The second-order valence-corrected chi connectivity index (χ2v) is 3.80. The van der Waals surface area contributed by atoms with Crippen LogP contribution in [0.2, 0.25) is 0 Å². The molecule has 0 aromatic heterocycles. The molecular formula is C12H15NO. The molecule has 0 unspecified atom stereocenters. The maximum absolute atomic E-state index is 11.6. The van der Waals surface area contributed by atoms with Gasteiger partial charge in [0.25, 0.3) is 0 Å². The molecule has 74 valence electrons. The molecule has 0 spiro atoms. The van der Waals surface area contributed by atoms with Gasteiger partial charge in [-0.1, -0.05) is 13.0 Å². The molecule has 2 rings (SSSR count). The highest BCUT2D eigenvalue weighted by Gasteiger charge is 2.20. The molecule has 1 aliphatic heterocycles. The Morgan fingerprint density at radius 1 is 1.43 bits per heavy atom. The lowest BCUT2D eigenvalue weighted by atomic mass is 9.98. The van der Waals surface area contributed by atoms with Crippen molar-refractivity contribution in [3.63, 3.8) is 0 Å². The lowest BCUT2D eigenvalue weighted by molar-refractivity contribution is 0.0980. The number of rotatable bonds is 1. The summed E-state index contributed by atoms with van der Waals surface area (Å²) in [6.45, 7) is 2.98. The molecule has 0 amide bonds. The van der Waals surface area contributed by atoms with Gasteiger partial charge < -0.3 is 4.90 Å². The smallest absolute Gasteiger partial charge is 0.166 e. The molecule has 2 heteroatoms. The quantitative estimate of drug-likeness (QED) is 0.675. The van der Waals surface area contributed by atoms with Gasteiger partial charge in [0, 0.05) is 31.3 Å². The molecule has 0 atom stereocenters. The van der Waals surface area contributed by atoms with Crippen LogP contribution in [-0.4, -0.2) is 19.4 Å². The van der Waals surface area contributed by atoms with Crippen molar-refractivity contribution in [2.45, 2.75) is 19.8 Å². The van der Waals surface area contributed by atoms with E-state index in [1.54, 1.807) is 0 Å². The van der Waals surface area contributed by atoms with Crippen LogP contribution in [0.15, 0.2) is 18.2 Å². The number of Topliss-reactive ketones (excluding diaryl/α,β-unsaturated/α-hetero) is 1. The first kappa shape index (κ1) is 9.25. The Kier molecular flexibility index (Phi) is 2.28. The number of anilines is 1. The maximum Gasteiger partial charge on any atom is 0.166 e. The number of ketones is 1. The van der Waals surface area contributed by atoms with E-state index in [9.17, 15) is 4.79 Å². The number of nitrogens with zero attached hydrogens (tertiary/aromatic N) is 1. The van der Waals surface area contributed by atoms with Crippen molar-refractivity contribution in [2.24, 2.45) is 0 Å². The first-order chi connectivity index (χ1) is 6.72. The van der Waals surface area contributed by atoms with Crippen LogP contribution < -0.4 is 4.90 Å². The molecule has 1 aromatic rings. The predicted molar refractivity (Wildman–Crippen MR) is 58.0 cm³/mol. The van der Waals surface area contributed by atoms with Crippen LogP contribution in [0.3, 0.4) is 0 Å². The largest absolute Gasteiger partial charge is 0.374 e. The van der Waals surface area contributed by atoms with Gasteiger partial charge in [-0.25, -0.2) is 0 Å². The van der Waals surface area contributed by atoms with E-state index in [1.165, 1.54) is 5.56 Å². The van der Waals surface area contributed by atoms with Crippen molar-refractivity contribution in [3.8, 4) is 0 Å². The summed E-state index contributed by atoms with van der Waals surface area (Å²) in [4.78, 5) is 13.8. The second kappa shape index (κ2) is 3.45. The van der Waals surface area contributed by atoms with E-state index in [1.807, 2.05) is 13.1 Å². The van der Waals surface area contributed by atoms with Gasteiger partial charge in [0.1, 0.15) is 0 Å². The van der Waals surface area contributed by atoms with E-state index in [0.717, 1.165) is 24.2 Å². The van der Waals surface area contributed by atoms with E-state index < -0.39 is 0 Å². The standard InChI is InChI=1S/C12H15NO/c1-3-9-4-5-10-11(8-9)13(2)7-6-12(10)14/h4-5,8H,3,6-7H2,1-2H3. The number of hydrogen-bond donors (Lipinski definition) is 0. The first-order valence-corrected chi connectivity index (χ1v) is 5.09. The van der Waals surface area contributed by atoms with Crippen LogP contribution in [0.5, 0.6) is 0 Å². The normalized spacial score (nSPS) is 15.6. The second-order valence-electron chi connectivity index (χ2n) is 3.80. The molecule has 0 fully saturated rings. The van der Waals surface area contributed by atoms with Gasteiger partial charge in [-0.05, 0) is 24.1 Å². The number of aryl methyl sites for hydroxylation is 1. The van der Waals surface area contributed by atoms with Crippen molar-refractivity contribution >= 4 is 11.5 Å². The number of benzene rings is 1. The topological polar surface area (TPSA) is 20.3 Å². The van der Waals surface area contributed by atoms with Gasteiger partial charge in [0.2, 0.25) is 0 Å². The highest BCUT2D eigenvalue weighted by Crippen LogP contribution is 2.27. The summed E-state index contributed by atoms with van der Waals surface area (Å²) in [7, 11) is 2.05. The van der Waals surface area contributed by atoms with Crippen LogP contribution in [-0.2, 0) is 6.42 Å². The van der Waals surface area contributed by atoms with Crippen molar-refractivity contribution in [1.29, 1.82) is 0 Å². The molecule has 0 saturated heterocycles. The van der Waals surface area contributed by atoms with Crippen LogP contribution in [0.4, 0.5) is 5.69 Å². The third kappa shape index (κ3) is 1.41. The molecule has 0 bridgehead atoms. The van der Waals surface area contributed by atoms with Crippen molar-refractivity contribution in [2.75, 3.05) is 18.5 Å². The number of carbonyl (C=O) groups excluding carboxylic acids is 1. The fraction of sp³-hybridized carbons (Fsp3) is 0.417. The number of fused-ring (bicyclic) bond motifs is 1. The van der Waals surface area contributed by atoms with Crippen LogP contribution in [0.25, 0.3) is 0 Å². The number of carbonyl (C=O) groups is 1. The molecule has 1 heterocycles. The minimum Gasteiger partial charge on any atom is -0.374 e. The van der Waals surface area contributed by atoms with Crippen LogP contribution in [0.1, 0.15) is 29.3 Å². The van der Waals surface area contributed by atoms with Crippen LogP contribution in [0, 0.1) is 0 Å². The molecule has 1 aromatic carbocycles. The Bertz CT molecular complexity index is 371. The zero-order valence-corrected chi connectivity index (χ0v) is 8.71. The highest BCUT2D eigenvalue weighted by molar-refractivity contribution is 6.03. The Hall–Kier alpha value is -1.31. The van der Waals surface area contributed by atoms with Crippen molar-refractivity contribution < 1.29 is 4.79 Å². The number of hydrogen-bond acceptors (Lipinski definition) is 2. The average molecular weight is 189 g/mol. The van der Waals surface area contributed by atoms with E-state index >= 15 is 0 Å². The molecule has 1 aliphatic rings. The van der Waals surface area contributed by atoms with E-state index in [2.05, 4.69) is 24.0 Å². The van der Waals surface area contributed by atoms with Gasteiger partial charge >= 0.3 is 0 Å². The zero-order valence-electron chi connectivity index (χ0n) is 8.71. The summed E-state index contributed by atoms with van der Waals surface area (Å²) in [6.07, 6.45) is 1.67. The molecule has 0 radical (unpaired) electrons. The average Bonchev–Trinajstić information content (AvgIpc) is 2.23. The Morgan fingerprint density at radius 2 is 2.21 bits per heavy atom. The molecule has 0 saturated carbocycles. The lowest BCUT2D eigenvalue weighted by Gasteiger charge is -2.26. The minimum absolute atomic E-state index is 0.278. The maximum atomic E-state index is 11.6. The zero-order chi connectivity index (χ0) is 10.1. The Balaban J connectivity index is 2.50. The summed E-state index contributed by atoms with van der Waals surface area (Å²) in [6, 6.07) is 6.15. The lowest BCUT2D eigenvalue weighted by Crippen LogP contribution is -2.28. The van der Waals surface area contributed by atoms with Gasteiger partial charge in [-0.15, -0.1) is 0 Å².